The van der Waals surface area contributed by atoms with Gasteiger partial charge in [0.15, 0.2) is 0 Å². The van der Waals surface area contributed by atoms with Gasteiger partial charge >= 0.3 is 0 Å². The van der Waals surface area contributed by atoms with Crippen molar-refractivity contribution in [1.82, 2.24) is 10.6 Å². The minimum absolute atomic E-state index is 0.00668. The molecule has 5 heteroatoms. The first-order valence-electron chi connectivity index (χ1n) is 5.93. The van der Waals surface area contributed by atoms with Crippen LogP contribution in [0, 0.1) is 5.82 Å². The third-order valence-electron chi connectivity index (χ3n) is 2.30. The normalized spacial score (nSPS) is 10.7. The van der Waals surface area contributed by atoms with Gasteiger partial charge in [-0.1, -0.05) is 15.9 Å². The van der Waals surface area contributed by atoms with Gasteiger partial charge < -0.3 is 10.6 Å². The Labute approximate surface area is 115 Å². The molecule has 0 saturated heterocycles. The van der Waals surface area contributed by atoms with Crippen molar-refractivity contribution in [3.05, 3.63) is 34.1 Å². The molecule has 0 bridgehead atoms. The van der Waals surface area contributed by atoms with Crippen LogP contribution in [0.4, 0.5) is 4.39 Å². The Kier molecular flexibility index (Phi) is 6.29. The zero-order valence-corrected chi connectivity index (χ0v) is 12.2. The summed E-state index contributed by atoms with van der Waals surface area (Å²) in [4.78, 5) is 11.4. The average molecular weight is 317 g/mol. The van der Waals surface area contributed by atoms with E-state index in [-0.39, 0.29) is 17.8 Å². The molecule has 0 aliphatic rings. The molecule has 1 amide bonds. The number of halogens is 2. The SMILES string of the molecule is CC(C)NC(=O)CCNCc1cc(Br)ccc1F. The first-order valence-corrected chi connectivity index (χ1v) is 6.72. The number of nitrogens with one attached hydrogen (secondary N) is 2. The van der Waals surface area contributed by atoms with Crippen LogP contribution >= 0.6 is 15.9 Å². The quantitative estimate of drug-likeness (QED) is 0.792. The molecule has 0 saturated carbocycles. The van der Waals surface area contributed by atoms with Gasteiger partial charge in [0.05, 0.1) is 0 Å². The Hall–Kier alpha value is -0.940. The van der Waals surface area contributed by atoms with Crippen LogP contribution in [-0.4, -0.2) is 18.5 Å². The van der Waals surface area contributed by atoms with E-state index in [9.17, 15) is 9.18 Å². The molecular weight excluding hydrogens is 299 g/mol. The van der Waals surface area contributed by atoms with Crippen LogP contribution < -0.4 is 10.6 Å². The molecule has 1 aromatic rings. The monoisotopic (exact) mass is 316 g/mol. The fourth-order valence-electron chi connectivity index (χ4n) is 1.50. The Morgan fingerprint density at radius 2 is 2.17 bits per heavy atom. The maximum atomic E-state index is 13.4. The highest BCUT2D eigenvalue weighted by molar-refractivity contribution is 9.10. The summed E-state index contributed by atoms with van der Waals surface area (Å²) < 4.78 is 14.2. The zero-order chi connectivity index (χ0) is 13.5. The lowest BCUT2D eigenvalue weighted by Gasteiger charge is -2.09. The Morgan fingerprint density at radius 3 is 2.83 bits per heavy atom. The predicted molar refractivity (Wildman–Crippen MR) is 73.7 cm³/mol. The smallest absolute Gasteiger partial charge is 0.221 e. The van der Waals surface area contributed by atoms with Crippen LogP contribution in [0.3, 0.4) is 0 Å². The summed E-state index contributed by atoms with van der Waals surface area (Å²) in [6.07, 6.45) is 0.397. The largest absolute Gasteiger partial charge is 0.354 e. The van der Waals surface area contributed by atoms with Crippen LogP contribution in [-0.2, 0) is 11.3 Å². The lowest BCUT2D eigenvalue weighted by atomic mass is 10.2. The zero-order valence-electron chi connectivity index (χ0n) is 10.6. The van der Waals surface area contributed by atoms with E-state index in [1.54, 1.807) is 12.1 Å². The number of hydrogen-bond donors (Lipinski definition) is 2. The summed E-state index contributed by atoms with van der Waals surface area (Å²) in [7, 11) is 0. The number of carbonyl (C=O) groups is 1. The molecule has 3 nitrogen and oxygen atoms in total. The molecule has 0 atom stereocenters. The maximum absolute atomic E-state index is 13.4. The topological polar surface area (TPSA) is 41.1 Å². The van der Waals surface area contributed by atoms with Crippen LogP contribution in [0.25, 0.3) is 0 Å². The van der Waals surface area contributed by atoms with E-state index in [0.717, 1.165) is 4.47 Å². The van der Waals surface area contributed by atoms with Gasteiger partial charge in [-0.3, -0.25) is 4.79 Å². The fourth-order valence-corrected chi connectivity index (χ4v) is 1.91. The minimum atomic E-state index is -0.239. The molecule has 0 fully saturated rings. The second kappa shape index (κ2) is 7.48. The van der Waals surface area contributed by atoms with E-state index in [1.165, 1.54) is 6.07 Å². The van der Waals surface area contributed by atoms with E-state index in [1.807, 2.05) is 13.8 Å². The summed E-state index contributed by atoms with van der Waals surface area (Å²) in [6, 6.07) is 4.97. The van der Waals surface area contributed by atoms with Crippen molar-refractivity contribution < 1.29 is 9.18 Å². The van der Waals surface area contributed by atoms with E-state index in [4.69, 9.17) is 0 Å². The molecule has 2 N–H and O–H groups in total. The lowest BCUT2D eigenvalue weighted by molar-refractivity contribution is -0.121. The second-order valence-electron chi connectivity index (χ2n) is 4.38. The summed E-state index contributed by atoms with van der Waals surface area (Å²) >= 11 is 3.30. The molecule has 1 rings (SSSR count). The van der Waals surface area contributed by atoms with Gasteiger partial charge in [0.25, 0.3) is 0 Å². The maximum Gasteiger partial charge on any atom is 0.221 e. The third kappa shape index (κ3) is 5.60. The Bertz CT molecular complexity index is 410. The molecular formula is C13H18BrFN2O. The van der Waals surface area contributed by atoms with Crippen molar-refractivity contribution in [3.63, 3.8) is 0 Å². The Balaban J connectivity index is 2.29. The van der Waals surface area contributed by atoms with Crippen LogP contribution in [0.5, 0.6) is 0 Å². The number of carbonyl (C=O) groups excluding carboxylic acids is 1. The second-order valence-corrected chi connectivity index (χ2v) is 5.30. The van der Waals surface area contributed by atoms with Crippen LogP contribution in [0.2, 0.25) is 0 Å². The van der Waals surface area contributed by atoms with E-state index < -0.39 is 0 Å². The molecule has 100 valence electrons. The van der Waals surface area contributed by atoms with E-state index in [0.29, 0.717) is 25.1 Å². The van der Waals surface area contributed by atoms with Crippen LogP contribution in [0.15, 0.2) is 22.7 Å². The third-order valence-corrected chi connectivity index (χ3v) is 2.79. The minimum Gasteiger partial charge on any atom is -0.354 e. The summed E-state index contributed by atoms with van der Waals surface area (Å²) in [6.45, 7) is 4.79. The van der Waals surface area contributed by atoms with Crippen molar-refractivity contribution in [2.45, 2.75) is 32.9 Å². The van der Waals surface area contributed by atoms with Gasteiger partial charge in [-0.25, -0.2) is 4.39 Å². The summed E-state index contributed by atoms with van der Waals surface area (Å²) in [5.41, 5.74) is 0.591. The average Bonchev–Trinajstić information content (AvgIpc) is 2.28. The molecule has 0 aromatic heterocycles. The van der Waals surface area contributed by atoms with E-state index in [2.05, 4.69) is 26.6 Å². The number of amides is 1. The molecule has 0 spiro atoms. The van der Waals surface area contributed by atoms with Crippen molar-refractivity contribution in [2.24, 2.45) is 0 Å². The fraction of sp³-hybridized carbons (Fsp3) is 0.462. The number of rotatable bonds is 6. The number of hydrogen-bond acceptors (Lipinski definition) is 2. The Morgan fingerprint density at radius 1 is 1.44 bits per heavy atom. The van der Waals surface area contributed by atoms with Crippen molar-refractivity contribution in [1.29, 1.82) is 0 Å². The van der Waals surface area contributed by atoms with Crippen LogP contribution in [0.1, 0.15) is 25.8 Å². The first-order chi connectivity index (χ1) is 8.49. The molecule has 1 aromatic carbocycles. The highest BCUT2D eigenvalue weighted by Gasteiger charge is 2.04. The van der Waals surface area contributed by atoms with E-state index >= 15 is 0 Å². The van der Waals surface area contributed by atoms with Gasteiger partial charge in [0.2, 0.25) is 5.91 Å². The van der Waals surface area contributed by atoms with Crippen molar-refractivity contribution in [2.75, 3.05) is 6.54 Å². The van der Waals surface area contributed by atoms with Gasteiger partial charge in [-0.2, -0.15) is 0 Å². The lowest BCUT2D eigenvalue weighted by Crippen LogP contribution is -2.32. The highest BCUT2D eigenvalue weighted by atomic mass is 79.9. The standard InChI is InChI=1S/C13H18BrFN2O/c1-9(2)17-13(18)5-6-16-8-10-7-11(14)3-4-12(10)15/h3-4,7,9,16H,5-6,8H2,1-2H3,(H,17,18). The predicted octanol–water partition coefficient (Wildman–Crippen LogP) is 2.59. The number of benzene rings is 1. The van der Waals surface area contributed by atoms with Crippen molar-refractivity contribution in [3.8, 4) is 0 Å². The van der Waals surface area contributed by atoms with Gasteiger partial charge in [0.1, 0.15) is 5.82 Å². The summed E-state index contributed by atoms with van der Waals surface area (Å²) in [5, 5.41) is 5.85. The highest BCUT2D eigenvalue weighted by Crippen LogP contribution is 2.15. The summed E-state index contributed by atoms with van der Waals surface area (Å²) in [5.74, 6) is -0.232. The molecule has 0 aliphatic heterocycles. The molecule has 0 radical (unpaired) electrons. The molecule has 0 heterocycles. The van der Waals surface area contributed by atoms with Crippen molar-refractivity contribution >= 4 is 21.8 Å². The van der Waals surface area contributed by atoms with Gasteiger partial charge in [0, 0.05) is 35.6 Å². The van der Waals surface area contributed by atoms with Gasteiger partial charge in [-0.15, -0.1) is 0 Å². The molecule has 0 aliphatic carbocycles. The molecule has 18 heavy (non-hydrogen) atoms. The molecule has 0 unspecified atom stereocenters. The first kappa shape index (κ1) is 15.1. The van der Waals surface area contributed by atoms with Gasteiger partial charge in [-0.05, 0) is 32.0 Å².